The van der Waals surface area contributed by atoms with E-state index in [0.717, 1.165) is 54.5 Å². The zero-order chi connectivity index (χ0) is 16.2. The van der Waals surface area contributed by atoms with Crippen LogP contribution >= 0.6 is 11.3 Å². The summed E-state index contributed by atoms with van der Waals surface area (Å²) in [5.41, 5.74) is 8.90. The Morgan fingerprint density at radius 1 is 1.35 bits per heavy atom. The lowest BCUT2D eigenvalue weighted by atomic mass is 10.2. The molecule has 0 atom stereocenters. The van der Waals surface area contributed by atoms with Gasteiger partial charge >= 0.3 is 0 Å². The van der Waals surface area contributed by atoms with E-state index < -0.39 is 0 Å². The van der Waals surface area contributed by atoms with Gasteiger partial charge < -0.3 is 14.4 Å². The van der Waals surface area contributed by atoms with Crippen molar-refractivity contribution in [1.29, 1.82) is 5.53 Å². The molecule has 1 saturated heterocycles. The van der Waals surface area contributed by atoms with E-state index in [2.05, 4.69) is 23.9 Å². The maximum Gasteiger partial charge on any atom is 0.186 e. The lowest BCUT2D eigenvalue weighted by molar-refractivity contribution is 0.122. The molecule has 7 heteroatoms. The summed E-state index contributed by atoms with van der Waals surface area (Å²) >= 11 is 1.63. The Labute approximate surface area is 139 Å². The van der Waals surface area contributed by atoms with Crippen molar-refractivity contribution in [2.75, 3.05) is 31.2 Å². The number of hydrogen-bond acceptors (Lipinski definition) is 7. The van der Waals surface area contributed by atoms with Gasteiger partial charge in [0.1, 0.15) is 11.4 Å². The van der Waals surface area contributed by atoms with Crippen LogP contribution in [0.4, 0.5) is 10.8 Å². The topological polar surface area (TPSA) is 70.8 Å². The fourth-order valence-corrected chi connectivity index (χ4v) is 3.67. The molecule has 0 radical (unpaired) electrons. The molecule has 23 heavy (non-hydrogen) atoms. The molecule has 2 aromatic rings. The van der Waals surface area contributed by atoms with Gasteiger partial charge in [0.2, 0.25) is 0 Å². The Bertz CT molecular complexity index is 678. The van der Waals surface area contributed by atoms with Crippen molar-refractivity contribution >= 4 is 32.4 Å². The number of ether oxygens (including phenoxy) is 2. The van der Waals surface area contributed by atoms with Crippen LogP contribution in [0.1, 0.15) is 26.7 Å². The molecule has 1 N–H and O–H groups in total. The number of thiazole rings is 1. The molecule has 0 saturated carbocycles. The Kier molecular flexibility index (Phi) is 5.07. The van der Waals surface area contributed by atoms with Crippen LogP contribution in [0.25, 0.3) is 10.2 Å². The second-order valence-corrected chi connectivity index (χ2v) is 6.56. The van der Waals surface area contributed by atoms with Gasteiger partial charge in [-0.15, -0.1) is 0 Å². The summed E-state index contributed by atoms with van der Waals surface area (Å²) in [5, 5.41) is 4.63. The van der Waals surface area contributed by atoms with Crippen molar-refractivity contribution in [2.45, 2.75) is 32.8 Å². The quantitative estimate of drug-likeness (QED) is 0.797. The van der Waals surface area contributed by atoms with Crippen molar-refractivity contribution in [3.8, 4) is 5.75 Å². The molecule has 0 amide bonds. The highest BCUT2D eigenvalue weighted by molar-refractivity contribution is 7.22. The first kappa shape index (κ1) is 16.1. The van der Waals surface area contributed by atoms with Crippen molar-refractivity contribution in [3.05, 3.63) is 12.1 Å². The second-order valence-electron chi connectivity index (χ2n) is 5.55. The van der Waals surface area contributed by atoms with Gasteiger partial charge in [0.05, 0.1) is 29.5 Å². The van der Waals surface area contributed by atoms with Crippen LogP contribution < -0.4 is 9.64 Å². The number of hydrogen-bond donors (Lipinski definition) is 1. The van der Waals surface area contributed by atoms with Crippen molar-refractivity contribution < 1.29 is 9.47 Å². The second kappa shape index (κ2) is 7.23. The van der Waals surface area contributed by atoms with Gasteiger partial charge in [-0.3, -0.25) is 0 Å². The van der Waals surface area contributed by atoms with Gasteiger partial charge in [-0.25, -0.2) is 10.5 Å². The molecule has 0 aliphatic carbocycles. The normalized spacial score (nSPS) is 15.3. The summed E-state index contributed by atoms with van der Waals surface area (Å²) in [5.74, 6) is 0.653. The summed E-state index contributed by atoms with van der Waals surface area (Å²) in [4.78, 5) is 6.98. The van der Waals surface area contributed by atoms with Crippen LogP contribution in [0.3, 0.4) is 0 Å². The van der Waals surface area contributed by atoms with Crippen LogP contribution in [0.15, 0.2) is 17.2 Å². The van der Waals surface area contributed by atoms with Gasteiger partial charge in [0, 0.05) is 19.2 Å². The number of aromatic nitrogens is 1. The molecule has 1 aromatic heterocycles. The Morgan fingerprint density at radius 2 is 2.09 bits per heavy atom. The molecule has 1 fully saturated rings. The number of benzene rings is 1. The number of rotatable bonds is 6. The van der Waals surface area contributed by atoms with Crippen LogP contribution in [0, 0.1) is 5.53 Å². The van der Waals surface area contributed by atoms with Crippen LogP contribution in [0.2, 0.25) is 0 Å². The minimum atomic E-state index is 0.144. The maximum absolute atomic E-state index is 7.42. The summed E-state index contributed by atoms with van der Waals surface area (Å²) in [7, 11) is 0. The Morgan fingerprint density at radius 3 is 2.74 bits per heavy atom. The lowest BCUT2D eigenvalue weighted by Crippen LogP contribution is -2.36. The molecule has 0 unspecified atom stereocenters. The third-order valence-corrected chi connectivity index (χ3v) is 5.14. The number of fused-ring (bicyclic) bond motifs is 1. The van der Waals surface area contributed by atoms with E-state index in [1.165, 1.54) is 0 Å². The first-order valence-corrected chi connectivity index (χ1v) is 8.88. The number of anilines is 1. The van der Waals surface area contributed by atoms with Gasteiger partial charge in [-0.2, -0.15) is 5.11 Å². The van der Waals surface area contributed by atoms with E-state index in [1.807, 2.05) is 12.1 Å². The van der Waals surface area contributed by atoms with E-state index in [0.29, 0.717) is 11.4 Å². The molecular formula is C16H22N4O2S. The number of nitrogens with zero attached hydrogens (tertiary/aromatic N) is 3. The average Bonchev–Trinajstić information content (AvgIpc) is 3.02. The summed E-state index contributed by atoms with van der Waals surface area (Å²) in [6.45, 7) is 7.42. The first-order valence-electron chi connectivity index (χ1n) is 8.06. The van der Waals surface area contributed by atoms with Gasteiger partial charge in [0.25, 0.3) is 0 Å². The fourth-order valence-electron chi connectivity index (χ4n) is 2.64. The smallest absolute Gasteiger partial charge is 0.186 e. The molecular weight excluding hydrogens is 312 g/mol. The molecule has 1 aliphatic heterocycles. The zero-order valence-electron chi connectivity index (χ0n) is 13.5. The molecule has 0 bridgehead atoms. The summed E-state index contributed by atoms with van der Waals surface area (Å²) in [6.07, 6.45) is 2.01. The van der Waals surface area contributed by atoms with Crippen molar-refractivity contribution in [3.63, 3.8) is 0 Å². The van der Waals surface area contributed by atoms with Crippen LogP contribution in [-0.4, -0.2) is 37.4 Å². The lowest BCUT2D eigenvalue weighted by Gasteiger charge is -2.25. The first-order chi connectivity index (χ1) is 11.2. The zero-order valence-corrected chi connectivity index (χ0v) is 14.4. The predicted molar refractivity (Wildman–Crippen MR) is 92.5 cm³/mol. The highest BCUT2D eigenvalue weighted by atomic mass is 32.1. The van der Waals surface area contributed by atoms with Gasteiger partial charge in [-0.05, 0) is 18.9 Å². The molecule has 1 aromatic carbocycles. The molecule has 2 heterocycles. The van der Waals surface area contributed by atoms with E-state index in [-0.39, 0.29) is 6.10 Å². The number of nitrogens with one attached hydrogen (secondary N) is 1. The average molecular weight is 334 g/mol. The maximum atomic E-state index is 7.42. The SMILES string of the molecule is CCC(CC)Oc1cc2nc(N3CCOCC3)sc2cc1N=N. The number of morpholine rings is 1. The molecule has 6 nitrogen and oxygen atoms in total. The molecule has 124 valence electrons. The molecule has 3 rings (SSSR count). The standard InChI is InChI=1S/C16H22N4O2S/c1-3-11(4-2)22-14-9-13-15(10-12(14)19-17)23-16(18-13)20-5-7-21-8-6-20/h9-11,17H,3-8H2,1-2H3. The Hall–Kier alpha value is -1.73. The molecule has 1 aliphatic rings. The monoisotopic (exact) mass is 334 g/mol. The Balaban J connectivity index is 1.93. The van der Waals surface area contributed by atoms with Crippen molar-refractivity contribution in [1.82, 2.24) is 4.98 Å². The molecule has 0 spiro atoms. The van der Waals surface area contributed by atoms with E-state index >= 15 is 0 Å². The van der Waals surface area contributed by atoms with E-state index in [4.69, 9.17) is 20.0 Å². The predicted octanol–water partition coefficient (Wildman–Crippen LogP) is 4.36. The summed E-state index contributed by atoms with van der Waals surface area (Å²) < 4.78 is 12.4. The minimum absolute atomic E-state index is 0.144. The summed E-state index contributed by atoms with van der Waals surface area (Å²) in [6, 6.07) is 3.82. The van der Waals surface area contributed by atoms with E-state index in [1.54, 1.807) is 11.3 Å². The highest BCUT2D eigenvalue weighted by Crippen LogP contribution is 2.38. The van der Waals surface area contributed by atoms with E-state index in [9.17, 15) is 0 Å². The largest absolute Gasteiger partial charge is 0.488 e. The minimum Gasteiger partial charge on any atom is -0.488 e. The van der Waals surface area contributed by atoms with Gasteiger partial charge in [0.15, 0.2) is 5.13 Å². The fraction of sp³-hybridized carbons (Fsp3) is 0.562. The van der Waals surface area contributed by atoms with Crippen LogP contribution in [-0.2, 0) is 4.74 Å². The van der Waals surface area contributed by atoms with Crippen molar-refractivity contribution in [2.24, 2.45) is 5.11 Å². The van der Waals surface area contributed by atoms with Gasteiger partial charge in [-0.1, -0.05) is 25.2 Å². The van der Waals surface area contributed by atoms with Crippen LogP contribution in [0.5, 0.6) is 5.75 Å². The third kappa shape index (κ3) is 3.45. The highest BCUT2D eigenvalue weighted by Gasteiger charge is 2.18. The third-order valence-electron chi connectivity index (χ3n) is 4.06.